The van der Waals surface area contributed by atoms with Crippen molar-refractivity contribution >= 4 is 32.5 Å². The van der Waals surface area contributed by atoms with Gasteiger partial charge in [0.15, 0.2) is 5.13 Å². The van der Waals surface area contributed by atoms with Crippen molar-refractivity contribution in [2.75, 3.05) is 4.72 Å². The van der Waals surface area contributed by atoms with Gasteiger partial charge in [-0.2, -0.15) is 8.42 Å². The fraction of sp³-hybridized carbons (Fsp3) is 0.273. The zero-order chi connectivity index (χ0) is 14.3. The second kappa shape index (κ2) is 4.60. The lowest BCUT2D eigenvalue weighted by Crippen LogP contribution is -2.12. The van der Waals surface area contributed by atoms with Crippen LogP contribution in [-0.4, -0.2) is 24.5 Å². The van der Waals surface area contributed by atoms with Crippen LogP contribution in [0.4, 0.5) is 5.13 Å². The molecule has 0 aliphatic heterocycles. The van der Waals surface area contributed by atoms with Crippen LogP contribution in [0.2, 0.25) is 0 Å². The maximum atomic E-state index is 12.0. The Balaban J connectivity index is 1.81. The van der Waals surface area contributed by atoms with E-state index < -0.39 is 26.8 Å². The molecule has 1 aliphatic carbocycles. The van der Waals surface area contributed by atoms with Gasteiger partial charge in [-0.05, 0) is 25.0 Å². The number of carboxylic acids is 1. The molecule has 0 spiro atoms. The first kappa shape index (κ1) is 13.1. The van der Waals surface area contributed by atoms with Crippen LogP contribution in [0.15, 0.2) is 27.0 Å². The van der Waals surface area contributed by atoms with Crippen molar-refractivity contribution in [3.05, 3.63) is 29.0 Å². The van der Waals surface area contributed by atoms with Crippen LogP contribution in [0, 0.1) is 0 Å². The number of anilines is 1. The summed E-state index contributed by atoms with van der Waals surface area (Å²) in [5, 5.41) is 10.3. The highest BCUT2D eigenvalue weighted by atomic mass is 32.2. The van der Waals surface area contributed by atoms with Gasteiger partial charge in [0.2, 0.25) is 10.9 Å². The maximum absolute atomic E-state index is 12.0. The highest BCUT2D eigenvalue weighted by Gasteiger charge is 2.27. The first-order valence-electron chi connectivity index (χ1n) is 5.77. The summed E-state index contributed by atoms with van der Waals surface area (Å²) < 4.78 is 31.1. The number of hydrogen-bond acceptors (Lipinski definition) is 6. The Morgan fingerprint density at radius 3 is 2.80 bits per heavy atom. The number of hydrogen-bond donors (Lipinski definition) is 2. The summed E-state index contributed by atoms with van der Waals surface area (Å²) in [5.74, 6) is -1.31. The van der Waals surface area contributed by atoms with Gasteiger partial charge < -0.3 is 9.52 Å². The number of nitrogens with zero attached hydrogens (tertiary/aromatic N) is 1. The Morgan fingerprint density at radius 2 is 2.20 bits per heavy atom. The third kappa shape index (κ3) is 2.54. The lowest BCUT2D eigenvalue weighted by molar-refractivity contribution is 0.0656. The van der Waals surface area contributed by atoms with Crippen LogP contribution in [0.1, 0.15) is 35.0 Å². The van der Waals surface area contributed by atoms with Gasteiger partial charge >= 0.3 is 5.97 Å². The molecule has 2 N–H and O–H groups in total. The molecule has 1 fully saturated rings. The van der Waals surface area contributed by atoms with Crippen molar-refractivity contribution in [2.45, 2.75) is 23.9 Å². The quantitative estimate of drug-likeness (QED) is 0.874. The van der Waals surface area contributed by atoms with Gasteiger partial charge in [0, 0.05) is 11.3 Å². The standard InChI is InChI=1S/C11H10N2O5S2/c14-10(15)8-3-4-9(18-8)20(16,17)13-11-12-7(5-19-11)6-1-2-6/h3-6H,1-2H2,(H,12,13)(H,14,15). The molecule has 0 aromatic carbocycles. The first-order valence-corrected chi connectivity index (χ1v) is 8.13. The van der Waals surface area contributed by atoms with Crippen molar-refractivity contribution < 1.29 is 22.7 Å². The van der Waals surface area contributed by atoms with Gasteiger partial charge in [-0.3, -0.25) is 4.72 Å². The molecule has 0 atom stereocenters. The summed E-state index contributed by atoms with van der Waals surface area (Å²) >= 11 is 1.19. The number of carbonyl (C=O) groups is 1. The molecule has 1 aliphatic rings. The molecule has 2 aromatic heterocycles. The van der Waals surface area contributed by atoms with Gasteiger partial charge in [-0.1, -0.05) is 0 Å². The topological polar surface area (TPSA) is 110 Å². The minimum Gasteiger partial charge on any atom is -0.475 e. The molecule has 3 rings (SSSR count). The van der Waals surface area contributed by atoms with E-state index in [2.05, 4.69) is 9.71 Å². The van der Waals surface area contributed by atoms with E-state index in [9.17, 15) is 13.2 Å². The van der Waals surface area contributed by atoms with Crippen molar-refractivity contribution in [3.8, 4) is 0 Å². The second-order valence-electron chi connectivity index (χ2n) is 4.38. The predicted molar refractivity (Wildman–Crippen MR) is 70.6 cm³/mol. The largest absolute Gasteiger partial charge is 0.475 e. The summed E-state index contributed by atoms with van der Waals surface area (Å²) in [5.41, 5.74) is 0.887. The molecular weight excluding hydrogens is 304 g/mol. The molecule has 106 valence electrons. The lowest BCUT2D eigenvalue weighted by Gasteiger charge is -2.01. The van der Waals surface area contributed by atoms with Crippen LogP contribution in [0.5, 0.6) is 0 Å². The highest BCUT2D eigenvalue weighted by Crippen LogP contribution is 2.41. The Kier molecular flexibility index (Phi) is 3.02. The van der Waals surface area contributed by atoms with Crippen LogP contribution >= 0.6 is 11.3 Å². The van der Waals surface area contributed by atoms with Crippen LogP contribution in [0.25, 0.3) is 0 Å². The highest BCUT2D eigenvalue weighted by molar-refractivity contribution is 7.92. The number of sulfonamides is 1. The third-order valence-electron chi connectivity index (χ3n) is 2.80. The zero-order valence-electron chi connectivity index (χ0n) is 10.1. The summed E-state index contributed by atoms with van der Waals surface area (Å²) in [6.07, 6.45) is 2.16. The number of furan rings is 1. The van der Waals surface area contributed by atoms with Crippen LogP contribution in [-0.2, 0) is 10.0 Å². The van der Waals surface area contributed by atoms with Crippen molar-refractivity contribution in [1.29, 1.82) is 0 Å². The fourth-order valence-corrected chi connectivity index (χ4v) is 3.62. The minimum atomic E-state index is -3.95. The number of aromatic carboxylic acids is 1. The molecular formula is C11H10N2O5S2. The molecule has 2 aromatic rings. The molecule has 1 saturated carbocycles. The van der Waals surface area contributed by atoms with E-state index >= 15 is 0 Å². The number of rotatable bonds is 5. The number of carboxylic acid groups (broad SMARTS) is 1. The van der Waals surface area contributed by atoms with E-state index in [1.165, 1.54) is 11.3 Å². The second-order valence-corrected chi connectivity index (χ2v) is 6.85. The molecule has 9 heteroatoms. The van der Waals surface area contributed by atoms with E-state index in [-0.39, 0.29) is 5.13 Å². The molecule has 0 amide bonds. The zero-order valence-corrected chi connectivity index (χ0v) is 11.7. The van der Waals surface area contributed by atoms with E-state index in [0.717, 1.165) is 30.7 Å². The van der Waals surface area contributed by atoms with Crippen LogP contribution in [0.3, 0.4) is 0 Å². The minimum absolute atomic E-state index is 0.250. The third-order valence-corrected chi connectivity index (χ3v) is 4.91. The van der Waals surface area contributed by atoms with Gasteiger partial charge in [0.05, 0.1) is 5.69 Å². The summed E-state index contributed by atoms with van der Waals surface area (Å²) in [6.45, 7) is 0. The number of nitrogens with one attached hydrogen (secondary N) is 1. The van der Waals surface area contributed by atoms with Crippen LogP contribution < -0.4 is 4.72 Å². The maximum Gasteiger partial charge on any atom is 0.371 e. The Hall–Kier alpha value is -1.87. The molecule has 0 unspecified atom stereocenters. The van der Waals surface area contributed by atoms with Gasteiger partial charge in [0.25, 0.3) is 10.0 Å². The Bertz CT molecular complexity index is 757. The summed E-state index contributed by atoms with van der Waals surface area (Å²) in [4.78, 5) is 14.9. The molecule has 0 saturated heterocycles. The van der Waals surface area contributed by atoms with E-state index in [1.807, 2.05) is 5.38 Å². The molecule has 20 heavy (non-hydrogen) atoms. The van der Waals surface area contributed by atoms with Crippen molar-refractivity contribution in [2.24, 2.45) is 0 Å². The predicted octanol–water partition coefficient (Wildman–Crippen LogP) is 2.11. The van der Waals surface area contributed by atoms with E-state index in [1.54, 1.807) is 0 Å². The van der Waals surface area contributed by atoms with Gasteiger partial charge in [-0.15, -0.1) is 11.3 Å². The van der Waals surface area contributed by atoms with Crippen molar-refractivity contribution in [1.82, 2.24) is 4.98 Å². The first-order chi connectivity index (χ1) is 9.45. The molecule has 0 bridgehead atoms. The average molecular weight is 314 g/mol. The summed E-state index contributed by atoms with van der Waals surface area (Å²) in [6, 6.07) is 2.19. The average Bonchev–Trinajstić information content (AvgIpc) is 2.91. The van der Waals surface area contributed by atoms with E-state index in [4.69, 9.17) is 9.52 Å². The molecule has 7 nitrogen and oxygen atoms in total. The SMILES string of the molecule is O=C(O)c1ccc(S(=O)(=O)Nc2nc(C3CC3)cs2)o1. The monoisotopic (exact) mass is 314 g/mol. The Labute approximate surface area is 118 Å². The number of aromatic nitrogens is 1. The normalized spacial score (nSPS) is 15.2. The lowest BCUT2D eigenvalue weighted by atomic mass is 10.3. The number of thiazole rings is 1. The Morgan fingerprint density at radius 1 is 1.45 bits per heavy atom. The van der Waals surface area contributed by atoms with Gasteiger partial charge in [0.1, 0.15) is 0 Å². The smallest absolute Gasteiger partial charge is 0.371 e. The van der Waals surface area contributed by atoms with Gasteiger partial charge in [-0.25, -0.2) is 9.78 Å². The molecule has 2 heterocycles. The summed E-state index contributed by atoms with van der Waals surface area (Å²) in [7, 11) is -3.95. The fourth-order valence-electron chi connectivity index (χ4n) is 1.64. The van der Waals surface area contributed by atoms with Crippen molar-refractivity contribution in [3.63, 3.8) is 0 Å². The van der Waals surface area contributed by atoms with E-state index in [0.29, 0.717) is 5.92 Å². The molecule has 0 radical (unpaired) electrons.